The van der Waals surface area contributed by atoms with Crippen molar-refractivity contribution in [3.05, 3.63) is 29.8 Å². The van der Waals surface area contributed by atoms with Crippen molar-refractivity contribution < 1.29 is 19.2 Å². The van der Waals surface area contributed by atoms with Gasteiger partial charge in [0.2, 0.25) is 17.7 Å². The molecular weight excluding hydrogens is 366 g/mol. The molecule has 0 aliphatic carbocycles. The Morgan fingerprint density at radius 1 is 1.15 bits per heavy atom. The van der Waals surface area contributed by atoms with Gasteiger partial charge in [0.05, 0.1) is 12.3 Å². The van der Waals surface area contributed by atoms with Gasteiger partial charge in [-0.2, -0.15) is 0 Å². The van der Waals surface area contributed by atoms with E-state index in [4.69, 9.17) is 0 Å². The van der Waals surface area contributed by atoms with Gasteiger partial charge in [0.25, 0.3) is 5.24 Å². The quantitative estimate of drug-likeness (QED) is 0.697. The number of benzene rings is 1. The van der Waals surface area contributed by atoms with Gasteiger partial charge in [-0.05, 0) is 24.1 Å². The molecular formula is C19H25N3O4S. The molecule has 0 radical (unpaired) electrons. The van der Waals surface area contributed by atoms with Crippen LogP contribution in [0.2, 0.25) is 0 Å². The van der Waals surface area contributed by atoms with Crippen molar-refractivity contribution in [1.29, 1.82) is 0 Å². The third-order valence-electron chi connectivity index (χ3n) is 3.97. The minimum Gasteiger partial charge on any atom is -0.356 e. The van der Waals surface area contributed by atoms with Crippen molar-refractivity contribution in [2.45, 2.75) is 40.2 Å². The first-order valence-electron chi connectivity index (χ1n) is 8.81. The Labute approximate surface area is 163 Å². The van der Waals surface area contributed by atoms with E-state index in [0.29, 0.717) is 25.1 Å². The van der Waals surface area contributed by atoms with Crippen LogP contribution < -0.4 is 10.6 Å². The summed E-state index contributed by atoms with van der Waals surface area (Å²) in [6.45, 7) is 6.22. The molecule has 1 aromatic carbocycles. The molecule has 8 heteroatoms. The highest BCUT2D eigenvalue weighted by atomic mass is 32.2. The van der Waals surface area contributed by atoms with Crippen LogP contribution in [0.3, 0.4) is 0 Å². The topological polar surface area (TPSA) is 95.6 Å². The van der Waals surface area contributed by atoms with Crippen LogP contribution in [0.15, 0.2) is 24.3 Å². The van der Waals surface area contributed by atoms with Crippen molar-refractivity contribution in [3.8, 4) is 0 Å². The fraction of sp³-hybridized carbons (Fsp3) is 0.474. The van der Waals surface area contributed by atoms with Crippen molar-refractivity contribution in [1.82, 2.24) is 10.2 Å². The van der Waals surface area contributed by atoms with E-state index < -0.39 is 5.41 Å². The number of amides is 4. The average molecular weight is 391 g/mol. The third-order valence-corrected chi connectivity index (χ3v) is 4.82. The molecule has 1 aliphatic heterocycles. The molecule has 0 atom stereocenters. The van der Waals surface area contributed by atoms with Gasteiger partial charge in [0.1, 0.15) is 0 Å². The summed E-state index contributed by atoms with van der Waals surface area (Å²) >= 11 is 1.01. The van der Waals surface area contributed by atoms with E-state index in [9.17, 15) is 19.2 Å². The van der Waals surface area contributed by atoms with Crippen LogP contribution in [0.4, 0.5) is 10.5 Å². The minimum atomic E-state index is -0.438. The summed E-state index contributed by atoms with van der Waals surface area (Å²) in [6.07, 6.45) is 0.864. The number of rotatable bonds is 7. The SMILES string of the molecule is CC(C)(C)C(=O)NCCCC(=O)Nc1ccc(CN2C(=O)CSC2=O)cc1. The van der Waals surface area contributed by atoms with Gasteiger partial charge in [0.15, 0.2) is 0 Å². The summed E-state index contributed by atoms with van der Waals surface area (Å²) in [5.74, 6) is -0.148. The predicted octanol–water partition coefficient (Wildman–Crippen LogP) is 2.76. The lowest BCUT2D eigenvalue weighted by Gasteiger charge is -2.17. The van der Waals surface area contributed by atoms with Crippen molar-refractivity contribution in [2.24, 2.45) is 5.41 Å². The molecule has 146 valence electrons. The van der Waals surface area contributed by atoms with E-state index in [-0.39, 0.29) is 35.3 Å². The lowest BCUT2D eigenvalue weighted by Crippen LogP contribution is -2.35. The smallest absolute Gasteiger partial charge is 0.289 e. The summed E-state index contributed by atoms with van der Waals surface area (Å²) in [5, 5.41) is 5.38. The molecule has 1 aliphatic rings. The predicted molar refractivity (Wildman–Crippen MR) is 105 cm³/mol. The van der Waals surface area contributed by atoms with Crippen LogP contribution in [-0.4, -0.2) is 40.2 Å². The maximum absolute atomic E-state index is 12.0. The van der Waals surface area contributed by atoms with Crippen LogP contribution in [0, 0.1) is 5.41 Å². The van der Waals surface area contributed by atoms with Crippen LogP contribution in [0.25, 0.3) is 0 Å². The van der Waals surface area contributed by atoms with E-state index >= 15 is 0 Å². The summed E-state index contributed by atoms with van der Waals surface area (Å²) in [5.41, 5.74) is 1.03. The van der Waals surface area contributed by atoms with Gasteiger partial charge in [-0.25, -0.2) is 0 Å². The van der Waals surface area contributed by atoms with E-state index in [1.54, 1.807) is 24.3 Å². The fourth-order valence-corrected chi connectivity index (χ4v) is 3.07. The van der Waals surface area contributed by atoms with Crippen LogP contribution in [0.1, 0.15) is 39.2 Å². The number of thioether (sulfide) groups is 1. The number of nitrogens with one attached hydrogen (secondary N) is 2. The van der Waals surface area contributed by atoms with Gasteiger partial charge in [-0.15, -0.1) is 0 Å². The standard InChI is InChI=1S/C19H25N3O4S/c1-19(2,3)17(25)20-10-4-5-15(23)21-14-8-6-13(7-9-14)11-22-16(24)12-27-18(22)26/h6-9H,4-5,10-12H2,1-3H3,(H,20,25)(H,21,23). The Balaban J connectivity index is 1.74. The molecule has 27 heavy (non-hydrogen) atoms. The minimum absolute atomic E-state index is 0.0353. The molecule has 4 amide bonds. The average Bonchev–Trinajstić information content (AvgIpc) is 2.91. The number of carbonyl (C=O) groups excluding carboxylic acids is 4. The Morgan fingerprint density at radius 3 is 2.37 bits per heavy atom. The normalized spacial score (nSPS) is 14.4. The van der Waals surface area contributed by atoms with Gasteiger partial charge in [0, 0.05) is 24.1 Å². The fourth-order valence-electron chi connectivity index (χ4n) is 2.35. The van der Waals surface area contributed by atoms with Crippen LogP contribution in [-0.2, 0) is 20.9 Å². The molecule has 0 unspecified atom stereocenters. The van der Waals surface area contributed by atoms with Gasteiger partial charge in [-0.1, -0.05) is 44.7 Å². The highest BCUT2D eigenvalue weighted by molar-refractivity contribution is 8.14. The van der Waals surface area contributed by atoms with Gasteiger partial charge < -0.3 is 10.6 Å². The van der Waals surface area contributed by atoms with E-state index in [1.165, 1.54) is 4.90 Å². The monoisotopic (exact) mass is 391 g/mol. The summed E-state index contributed by atoms with van der Waals surface area (Å²) in [7, 11) is 0. The second-order valence-electron chi connectivity index (χ2n) is 7.39. The number of nitrogens with zero attached hydrogens (tertiary/aromatic N) is 1. The second-order valence-corrected chi connectivity index (χ2v) is 8.32. The highest BCUT2D eigenvalue weighted by Gasteiger charge is 2.29. The van der Waals surface area contributed by atoms with Crippen molar-refractivity contribution in [3.63, 3.8) is 0 Å². The second kappa shape index (κ2) is 9.03. The molecule has 0 bridgehead atoms. The molecule has 1 heterocycles. The Hall–Kier alpha value is -2.35. The van der Waals surface area contributed by atoms with Gasteiger partial charge >= 0.3 is 0 Å². The van der Waals surface area contributed by atoms with Crippen LogP contribution in [0.5, 0.6) is 0 Å². The zero-order valence-electron chi connectivity index (χ0n) is 15.8. The summed E-state index contributed by atoms with van der Waals surface area (Å²) < 4.78 is 0. The number of hydrogen-bond acceptors (Lipinski definition) is 5. The Morgan fingerprint density at radius 2 is 1.81 bits per heavy atom. The highest BCUT2D eigenvalue weighted by Crippen LogP contribution is 2.22. The molecule has 1 saturated heterocycles. The largest absolute Gasteiger partial charge is 0.356 e. The number of hydrogen-bond donors (Lipinski definition) is 2. The first-order valence-corrected chi connectivity index (χ1v) is 9.79. The Kier molecular flexibility index (Phi) is 7.01. The van der Waals surface area contributed by atoms with Crippen molar-refractivity contribution >= 4 is 40.4 Å². The molecule has 1 fully saturated rings. The molecule has 2 N–H and O–H groups in total. The first-order chi connectivity index (χ1) is 12.7. The van der Waals surface area contributed by atoms with Crippen molar-refractivity contribution in [2.75, 3.05) is 17.6 Å². The van der Waals surface area contributed by atoms with Gasteiger partial charge in [-0.3, -0.25) is 24.1 Å². The third kappa shape index (κ3) is 6.39. The maximum atomic E-state index is 12.0. The maximum Gasteiger partial charge on any atom is 0.289 e. The Bertz CT molecular complexity index is 709. The van der Waals surface area contributed by atoms with E-state index in [2.05, 4.69) is 10.6 Å². The zero-order valence-corrected chi connectivity index (χ0v) is 16.6. The van der Waals surface area contributed by atoms with E-state index in [1.807, 2.05) is 20.8 Å². The first kappa shape index (κ1) is 21.0. The molecule has 2 rings (SSSR count). The molecule has 0 aromatic heterocycles. The van der Waals surface area contributed by atoms with Crippen LogP contribution >= 0.6 is 11.8 Å². The zero-order chi connectivity index (χ0) is 20.0. The summed E-state index contributed by atoms with van der Waals surface area (Å²) in [4.78, 5) is 48.2. The molecule has 0 saturated carbocycles. The molecule has 0 spiro atoms. The lowest BCUT2D eigenvalue weighted by atomic mass is 9.96. The number of anilines is 1. The summed E-state index contributed by atoms with van der Waals surface area (Å²) in [6, 6.07) is 7.05. The number of carbonyl (C=O) groups is 4. The lowest BCUT2D eigenvalue weighted by molar-refractivity contribution is -0.128. The molecule has 7 nitrogen and oxygen atoms in total. The molecule has 1 aromatic rings. The van der Waals surface area contributed by atoms with E-state index in [0.717, 1.165) is 17.3 Å². The number of imide groups is 1.